The highest BCUT2D eigenvalue weighted by Crippen LogP contribution is 2.24. The van der Waals surface area contributed by atoms with Gasteiger partial charge in [-0.2, -0.15) is 5.10 Å². The summed E-state index contributed by atoms with van der Waals surface area (Å²) in [5.41, 5.74) is 2.06. The number of aliphatic imine (C=N–C) groups is 1. The van der Waals surface area contributed by atoms with E-state index >= 15 is 0 Å². The van der Waals surface area contributed by atoms with Gasteiger partial charge in [0.1, 0.15) is 0 Å². The summed E-state index contributed by atoms with van der Waals surface area (Å²) >= 11 is 0. The predicted octanol–water partition coefficient (Wildman–Crippen LogP) is 2.70. The molecule has 28 heavy (non-hydrogen) atoms. The Hall–Kier alpha value is -2.10. The van der Waals surface area contributed by atoms with Crippen LogP contribution in [0.15, 0.2) is 47.7 Å². The van der Waals surface area contributed by atoms with Crippen molar-refractivity contribution < 1.29 is 9.53 Å². The lowest BCUT2D eigenvalue weighted by Gasteiger charge is -2.21. The van der Waals surface area contributed by atoms with Crippen molar-refractivity contribution in [2.75, 3.05) is 26.7 Å². The molecular formula is C20H28IN5O2. The van der Waals surface area contributed by atoms with Crippen molar-refractivity contribution in [2.45, 2.75) is 20.4 Å². The lowest BCUT2D eigenvalue weighted by atomic mass is 9.99. The number of halogens is 1. The number of esters is 1. The molecule has 7 nitrogen and oxygen atoms in total. The SMILES string of the molecule is CCNC(=NCc1cnn(-c2ccccc2)c1)N1CC(C)C(C(=O)OC)C1.I. The van der Waals surface area contributed by atoms with E-state index in [0.29, 0.717) is 13.1 Å². The molecule has 152 valence electrons. The van der Waals surface area contributed by atoms with Crippen LogP contribution in [0.25, 0.3) is 5.69 Å². The number of carbonyl (C=O) groups is 1. The fraction of sp³-hybridized carbons (Fsp3) is 0.450. The summed E-state index contributed by atoms with van der Waals surface area (Å²) in [5.74, 6) is 0.801. The van der Waals surface area contributed by atoms with Crippen molar-refractivity contribution in [1.29, 1.82) is 0 Å². The Balaban J connectivity index is 0.00000280. The third kappa shape index (κ3) is 5.24. The van der Waals surface area contributed by atoms with Gasteiger partial charge in [-0.05, 0) is 25.0 Å². The number of nitrogens with one attached hydrogen (secondary N) is 1. The number of rotatable bonds is 5. The third-order valence-electron chi connectivity index (χ3n) is 4.82. The van der Waals surface area contributed by atoms with E-state index in [0.717, 1.165) is 30.3 Å². The first-order valence-electron chi connectivity index (χ1n) is 9.32. The maximum Gasteiger partial charge on any atom is 0.310 e. The summed E-state index contributed by atoms with van der Waals surface area (Å²) in [4.78, 5) is 18.8. The van der Waals surface area contributed by atoms with Crippen LogP contribution in [0.5, 0.6) is 0 Å². The zero-order valence-electron chi connectivity index (χ0n) is 16.5. The average Bonchev–Trinajstić information content (AvgIpc) is 3.32. The quantitative estimate of drug-likeness (QED) is 0.298. The summed E-state index contributed by atoms with van der Waals surface area (Å²) in [5, 5.41) is 7.75. The summed E-state index contributed by atoms with van der Waals surface area (Å²) < 4.78 is 6.78. The van der Waals surface area contributed by atoms with Gasteiger partial charge in [0.15, 0.2) is 5.96 Å². The van der Waals surface area contributed by atoms with Crippen LogP contribution >= 0.6 is 24.0 Å². The molecule has 1 fully saturated rings. The zero-order valence-corrected chi connectivity index (χ0v) is 18.9. The topological polar surface area (TPSA) is 71.8 Å². The Kier molecular flexibility index (Phi) is 8.28. The van der Waals surface area contributed by atoms with Gasteiger partial charge < -0.3 is 15.0 Å². The van der Waals surface area contributed by atoms with E-state index in [1.165, 1.54) is 7.11 Å². The van der Waals surface area contributed by atoms with Gasteiger partial charge in [0.05, 0.1) is 31.5 Å². The minimum Gasteiger partial charge on any atom is -0.469 e. The highest BCUT2D eigenvalue weighted by Gasteiger charge is 2.36. The van der Waals surface area contributed by atoms with Crippen molar-refractivity contribution >= 4 is 35.9 Å². The Morgan fingerprint density at radius 3 is 2.75 bits per heavy atom. The van der Waals surface area contributed by atoms with Crippen LogP contribution in [-0.4, -0.2) is 53.4 Å². The molecule has 2 aromatic rings. The lowest BCUT2D eigenvalue weighted by Crippen LogP contribution is -2.40. The number of ether oxygens (including phenoxy) is 1. The van der Waals surface area contributed by atoms with Crippen molar-refractivity contribution in [3.8, 4) is 5.69 Å². The van der Waals surface area contributed by atoms with Crippen LogP contribution in [0, 0.1) is 11.8 Å². The standard InChI is InChI=1S/C20H27N5O2.HI/c1-4-21-20(24-12-15(2)18(14-24)19(26)27-3)22-10-16-11-23-25(13-16)17-8-6-5-7-9-17;/h5-9,11,13,15,18H,4,10,12,14H2,1-3H3,(H,21,22);1H. The number of benzene rings is 1. The first kappa shape index (κ1) is 22.2. The summed E-state index contributed by atoms with van der Waals surface area (Å²) in [6.45, 7) is 6.84. The Morgan fingerprint density at radius 1 is 1.32 bits per heavy atom. The maximum atomic E-state index is 11.9. The molecule has 2 atom stereocenters. The minimum absolute atomic E-state index is 0. The van der Waals surface area contributed by atoms with Gasteiger partial charge in [-0.1, -0.05) is 25.1 Å². The molecule has 0 bridgehead atoms. The van der Waals surface area contributed by atoms with Gasteiger partial charge in [0, 0.05) is 31.4 Å². The van der Waals surface area contributed by atoms with E-state index in [1.807, 2.05) is 54.3 Å². The molecule has 1 saturated heterocycles. The van der Waals surface area contributed by atoms with E-state index in [-0.39, 0.29) is 41.8 Å². The molecule has 0 amide bonds. The van der Waals surface area contributed by atoms with Crippen molar-refractivity contribution in [3.05, 3.63) is 48.3 Å². The number of aromatic nitrogens is 2. The number of likely N-dealkylation sites (tertiary alicyclic amines) is 1. The monoisotopic (exact) mass is 497 g/mol. The fourth-order valence-electron chi connectivity index (χ4n) is 3.35. The van der Waals surface area contributed by atoms with Crippen molar-refractivity contribution in [1.82, 2.24) is 20.0 Å². The molecule has 0 radical (unpaired) electrons. The maximum absolute atomic E-state index is 11.9. The van der Waals surface area contributed by atoms with Crippen molar-refractivity contribution in [3.63, 3.8) is 0 Å². The van der Waals surface area contributed by atoms with Gasteiger partial charge in [0.25, 0.3) is 0 Å². The number of hydrogen-bond acceptors (Lipinski definition) is 4. The van der Waals surface area contributed by atoms with Gasteiger partial charge in [-0.15, -0.1) is 24.0 Å². The average molecular weight is 497 g/mol. The van der Waals surface area contributed by atoms with Crippen LogP contribution in [0.1, 0.15) is 19.4 Å². The molecule has 8 heteroatoms. The van der Waals surface area contributed by atoms with Gasteiger partial charge in [-0.25, -0.2) is 9.67 Å². The smallest absolute Gasteiger partial charge is 0.310 e. The fourth-order valence-corrected chi connectivity index (χ4v) is 3.35. The lowest BCUT2D eigenvalue weighted by molar-refractivity contribution is -0.145. The van der Waals surface area contributed by atoms with Crippen LogP contribution in [0.3, 0.4) is 0 Å². The molecule has 2 unspecified atom stereocenters. The summed E-state index contributed by atoms with van der Waals surface area (Å²) in [7, 11) is 1.45. The highest BCUT2D eigenvalue weighted by molar-refractivity contribution is 14.0. The number of para-hydroxylation sites is 1. The van der Waals surface area contributed by atoms with Crippen molar-refractivity contribution in [2.24, 2.45) is 16.8 Å². The molecule has 1 aromatic heterocycles. The van der Waals surface area contributed by atoms with E-state index in [2.05, 4.69) is 22.2 Å². The molecular weight excluding hydrogens is 469 g/mol. The van der Waals surface area contributed by atoms with Gasteiger partial charge in [-0.3, -0.25) is 4.79 Å². The first-order valence-corrected chi connectivity index (χ1v) is 9.32. The second kappa shape index (κ2) is 10.4. The molecule has 1 aliphatic rings. The number of hydrogen-bond donors (Lipinski definition) is 1. The van der Waals surface area contributed by atoms with E-state index in [9.17, 15) is 4.79 Å². The first-order chi connectivity index (χ1) is 13.1. The van der Waals surface area contributed by atoms with Crippen LogP contribution in [-0.2, 0) is 16.1 Å². The minimum atomic E-state index is -0.148. The number of methoxy groups -OCH3 is 1. The molecule has 1 aromatic carbocycles. The molecule has 0 spiro atoms. The van der Waals surface area contributed by atoms with E-state index in [1.54, 1.807) is 0 Å². The second-order valence-corrected chi connectivity index (χ2v) is 6.81. The van der Waals surface area contributed by atoms with E-state index < -0.39 is 0 Å². The Morgan fingerprint density at radius 2 is 2.07 bits per heavy atom. The van der Waals surface area contributed by atoms with E-state index in [4.69, 9.17) is 9.73 Å². The molecule has 0 saturated carbocycles. The molecule has 3 rings (SSSR count). The van der Waals surface area contributed by atoms with Gasteiger partial charge >= 0.3 is 5.97 Å². The largest absolute Gasteiger partial charge is 0.469 e. The van der Waals surface area contributed by atoms with Crippen LogP contribution < -0.4 is 5.32 Å². The number of nitrogens with zero attached hydrogens (tertiary/aromatic N) is 4. The molecule has 2 heterocycles. The van der Waals surface area contributed by atoms with Crippen LogP contribution in [0.2, 0.25) is 0 Å². The molecule has 1 N–H and O–H groups in total. The number of guanidine groups is 1. The Labute approximate surface area is 183 Å². The zero-order chi connectivity index (χ0) is 19.2. The predicted molar refractivity (Wildman–Crippen MR) is 120 cm³/mol. The highest BCUT2D eigenvalue weighted by atomic mass is 127. The van der Waals surface area contributed by atoms with Crippen LogP contribution in [0.4, 0.5) is 0 Å². The normalized spacial score (nSPS) is 19.2. The Bertz CT molecular complexity index is 793. The van der Waals surface area contributed by atoms with Gasteiger partial charge in [0.2, 0.25) is 0 Å². The summed E-state index contributed by atoms with van der Waals surface area (Å²) in [6.07, 6.45) is 3.83. The molecule has 1 aliphatic heterocycles. The summed E-state index contributed by atoms with van der Waals surface area (Å²) in [6, 6.07) is 10.00. The number of carbonyl (C=O) groups excluding carboxylic acids is 1. The molecule has 0 aliphatic carbocycles. The second-order valence-electron chi connectivity index (χ2n) is 6.81. The third-order valence-corrected chi connectivity index (χ3v) is 4.82.